The Morgan fingerprint density at radius 1 is 0.935 bits per heavy atom. The van der Waals surface area contributed by atoms with Crippen LogP contribution in [0.3, 0.4) is 0 Å². The van der Waals surface area contributed by atoms with Gasteiger partial charge in [0.05, 0.1) is 21.5 Å². The number of rotatable bonds is 6. The molecule has 0 radical (unpaired) electrons. The lowest BCUT2D eigenvalue weighted by Gasteiger charge is -2.34. The predicted molar refractivity (Wildman–Crippen MR) is 107 cm³/mol. The third kappa shape index (κ3) is 5.58. The fourth-order valence-corrected chi connectivity index (χ4v) is 7.21. The molecule has 3 rings (SSSR count). The zero-order valence-electron chi connectivity index (χ0n) is 16.8. The van der Waals surface area contributed by atoms with Crippen molar-refractivity contribution in [2.24, 2.45) is 0 Å². The van der Waals surface area contributed by atoms with Crippen LogP contribution in [0.15, 0.2) is 29.2 Å². The lowest BCUT2D eigenvalue weighted by molar-refractivity contribution is -0.137. The number of carbonyl (C=O) groups is 1. The minimum Gasteiger partial charge on any atom is -0.340 e. The van der Waals surface area contributed by atoms with Crippen LogP contribution < -0.4 is 0 Å². The number of alkyl halides is 3. The molecular weight excluding hydrogens is 457 g/mol. The summed E-state index contributed by atoms with van der Waals surface area (Å²) < 4.78 is 89.2. The standard InChI is InChI=1S/C19H25F3N2O5S2/c20-19(21,22)15-5-7-17(8-6-15)31(28,29)24-12-10-23(11-13-24)18(25)9-14-30(26,27)16-3-1-2-4-16/h5-8,16H,1-4,9-14H2. The molecule has 7 nitrogen and oxygen atoms in total. The van der Waals surface area contributed by atoms with Crippen molar-refractivity contribution < 1.29 is 34.8 Å². The summed E-state index contributed by atoms with van der Waals surface area (Å²) in [6, 6.07) is 3.28. The average molecular weight is 483 g/mol. The van der Waals surface area contributed by atoms with Crippen molar-refractivity contribution >= 4 is 25.8 Å². The largest absolute Gasteiger partial charge is 0.416 e. The smallest absolute Gasteiger partial charge is 0.340 e. The highest BCUT2D eigenvalue weighted by molar-refractivity contribution is 7.92. The van der Waals surface area contributed by atoms with Gasteiger partial charge in [0.2, 0.25) is 15.9 Å². The first kappa shape index (κ1) is 24.0. The summed E-state index contributed by atoms with van der Waals surface area (Å²) in [5.74, 6) is -0.547. The maximum atomic E-state index is 12.7. The Morgan fingerprint density at radius 2 is 1.48 bits per heavy atom. The van der Waals surface area contributed by atoms with Crippen LogP contribution in [0.5, 0.6) is 0 Å². The summed E-state index contributed by atoms with van der Waals surface area (Å²) in [5, 5.41) is -0.369. The van der Waals surface area contributed by atoms with E-state index in [1.54, 1.807) is 0 Å². The Bertz CT molecular complexity index is 994. The number of sulfone groups is 1. The van der Waals surface area contributed by atoms with Crippen LogP contribution in [0.4, 0.5) is 13.2 Å². The maximum absolute atomic E-state index is 12.7. The van der Waals surface area contributed by atoms with Crippen LogP contribution in [0.25, 0.3) is 0 Å². The van der Waals surface area contributed by atoms with E-state index in [4.69, 9.17) is 0 Å². The number of nitrogens with zero attached hydrogens (tertiary/aromatic N) is 2. The number of hydrogen-bond acceptors (Lipinski definition) is 5. The number of sulfonamides is 1. The normalized spacial score (nSPS) is 19.6. The van der Waals surface area contributed by atoms with Crippen molar-refractivity contribution in [3.05, 3.63) is 29.8 Å². The molecule has 12 heteroatoms. The van der Waals surface area contributed by atoms with Gasteiger partial charge in [-0.1, -0.05) is 12.8 Å². The predicted octanol–water partition coefficient (Wildman–Crippen LogP) is 2.29. The minimum absolute atomic E-state index is 0.00945. The molecule has 1 amide bonds. The van der Waals surface area contributed by atoms with E-state index >= 15 is 0 Å². The average Bonchev–Trinajstić information content (AvgIpc) is 3.28. The monoisotopic (exact) mass is 482 g/mol. The lowest BCUT2D eigenvalue weighted by atomic mass is 10.2. The van der Waals surface area contributed by atoms with Crippen molar-refractivity contribution in [1.29, 1.82) is 0 Å². The molecule has 0 atom stereocenters. The summed E-state index contributed by atoms with van der Waals surface area (Å²) in [6.07, 6.45) is -1.65. The van der Waals surface area contributed by atoms with Crippen molar-refractivity contribution in [3.8, 4) is 0 Å². The van der Waals surface area contributed by atoms with E-state index < -0.39 is 31.6 Å². The summed E-state index contributed by atoms with van der Waals surface area (Å²) >= 11 is 0. The number of halogens is 3. The molecule has 174 valence electrons. The van der Waals surface area contributed by atoms with E-state index in [2.05, 4.69) is 0 Å². The van der Waals surface area contributed by atoms with Gasteiger partial charge in [0.25, 0.3) is 0 Å². The van der Waals surface area contributed by atoms with Crippen molar-refractivity contribution in [1.82, 2.24) is 9.21 Å². The summed E-state index contributed by atoms with van der Waals surface area (Å²) in [4.78, 5) is 13.6. The second-order valence-corrected chi connectivity index (χ2v) is 12.2. The van der Waals surface area contributed by atoms with E-state index in [-0.39, 0.29) is 54.4 Å². The van der Waals surface area contributed by atoms with Gasteiger partial charge in [0, 0.05) is 32.6 Å². The molecule has 2 fully saturated rings. The van der Waals surface area contributed by atoms with E-state index in [1.165, 1.54) is 4.90 Å². The second-order valence-electron chi connectivity index (χ2n) is 7.83. The minimum atomic E-state index is -4.56. The number of carbonyl (C=O) groups excluding carboxylic acids is 1. The van der Waals surface area contributed by atoms with E-state index in [0.29, 0.717) is 12.8 Å². The van der Waals surface area contributed by atoms with Gasteiger partial charge in [0.15, 0.2) is 9.84 Å². The topological polar surface area (TPSA) is 91.8 Å². The first-order valence-electron chi connectivity index (χ1n) is 10.1. The van der Waals surface area contributed by atoms with E-state index in [9.17, 15) is 34.8 Å². The highest BCUT2D eigenvalue weighted by Gasteiger charge is 2.34. The van der Waals surface area contributed by atoms with Gasteiger partial charge in [-0.05, 0) is 37.1 Å². The van der Waals surface area contributed by atoms with Gasteiger partial charge >= 0.3 is 6.18 Å². The molecule has 31 heavy (non-hydrogen) atoms. The maximum Gasteiger partial charge on any atom is 0.416 e. The first-order chi connectivity index (χ1) is 14.4. The molecule has 1 saturated carbocycles. The van der Waals surface area contributed by atoms with Crippen LogP contribution in [-0.2, 0) is 30.8 Å². The quantitative estimate of drug-likeness (QED) is 0.621. The van der Waals surface area contributed by atoms with E-state index in [1.807, 2.05) is 0 Å². The molecule has 1 saturated heterocycles. The molecule has 1 heterocycles. The lowest BCUT2D eigenvalue weighted by Crippen LogP contribution is -2.50. The van der Waals surface area contributed by atoms with Crippen LogP contribution in [0.1, 0.15) is 37.7 Å². The van der Waals surface area contributed by atoms with E-state index in [0.717, 1.165) is 41.4 Å². The Kier molecular flexibility index (Phi) is 7.02. The Balaban J connectivity index is 1.55. The van der Waals surface area contributed by atoms with Crippen LogP contribution in [0.2, 0.25) is 0 Å². The number of hydrogen-bond donors (Lipinski definition) is 0. The molecule has 0 aromatic heterocycles. The van der Waals surface area contributed by atoms with Gasteiger partial charge in [-0.25, -0.2) is 16.8 Å². The molecule has 1 aliphatic carbocycles. The third-order valence-electron chi connectivity index (χ3n) is 5.82. The van der Waals surface area contributed by atoms with Gasteiger partial charge in [0.1, 0.15) is 0 Å². The molecule has 0 N–H and O–H groups in total. The molecule has 0 bridgehead atoms. The van der Waals surface area contributed by atoms with Crippen molar-refractivity contribution in [2.45, 2.75) is 48.4 Å². The zero-order chi connectivity index (χ0) is 22.9. The van der Waals surface area contributed by atoms with Crippen molar-refractivity contribution in [3.63, 3.8) is 0 Å². The SMILES string of the molecule is O=C(CCS(=O)(=O)C1CCCC1)N1CCN(S(=O)(=O)c2ccc(C(F)(F)F)cc2)CC1. The Labute approximate surface area is 180 Å². The number of piperazine rings is 1. The number of benzene rings is 1. The van der Waals surface area contributed by atoms with Gasteiger partial charge in [-0.15, -0.1) is 0 Å². The molecule has 0 spiro atoms. The molecule has 2 aliphatic rings. The summed E-state index contributed by atoms with van der Waals surface area (Å²) in [6.45, 7) is 0.180. The fraction of sp³-hybridized carbons (Fsp3) is 0.632. The third-order valence-corrected chi connectivity index (χ3v) is 9.99. The van der Waals surface area contributed by atoms with Gasteiger partial charge < -0.3 is 4.90 Å². The van der Waals surface area contributed by atoms with Crippen molar-refractivity contribution in [2.75, 3.05) is 31.9 Å². The second kappa shape index (κ2) is 9.07. The highest BCUT2D eigenvalue weighted by atomic mass is 32.2. The summed E-state index contributed by atoms with van der Waals surface area (Å²) in [7, 11) is -7.30. The van der Waals surface area contributed by atoms with Gasteiger partial charge in [-0.2, -0.15) is 17.5 Å². The van der Waals surface area contributed by atoms with Crippen LogP contribution in [0, 0.1) is 0 Å². The molecule has 1 aliphatic heterocycles. The molecule has 1 aromatic rings. The number of amides is 1. The zero-order valence-corrected chi connectivity index (χ0v) is 18.5. The molecule has 0 unspecified atom stereocenters. The van der Waals surface area contributed by atoms with Gasteiger partial charge in [-0.3, -0.25) is 4.79 Å². The summed E-state index contributed by atoms with van der Waals surface area (Å²) in [5.41, 5.74) is -0.936. The first-order valence-corrected chi connectivity index (χ1v) is 13.2. The Hall–Kier alpha value is -1.66. The Morgan fingerprint density at radius 3 is 2.00 bits per heavy atom. The molecule has 1 aromatic carbocycles. The highest BCUT2D eigenvalue weighted by Crippen LogP contribution is 2.30. The molecular formula is C19H25F3N2O5S2. The van der Waals surface area contributed by atoms with Crippen LogP contribution >= 0.6 is 0 Å². The van der Waals surface area contributed by atoms with Crippen LogP contribution in [-0.4, -0.2) is 69.1 Å². The fourth-order valence-electron chi connectivity index (χ4n) is 3.94.